The lowest BCUT2D eigenvalue weighted by Crippen LogP contribution is -2.45. The van der Waals surface area contributed by atoms with Crippen LogP contribution in [0.3, 0.4) is 0 Å². The van der Waals surface area contributed by atoms with E-state index in [1.807, 2.05) is 16.2 Å². The van der Waals surface area contributed by atoms with Gasteiger partial charge in [-0.15, -0.1) is 11.3 Å². The first-order valence-electron chi connectivity index (χ1n) is 8.04. The molecule has 2 unspecified atom stereocenters. The smallest absolute Gasteiger partial charge is 0.226 e. The topological polar surface area (TPSA) is 40.5 Å². The maximum Gasteiger partial charge on any atom is 0.226 e. The van der Waals surface area contributed by atoms with Crippen LogP contribution in [0.2, 0.25) is 0 Å². The van der Waals surface area contributed by atoms with E-state index in [2.05, 4.69) is 26.0 Å². The highest BCUT2D eigenvalue weighted by atomic mass is 32.1. The minimum Gasteiger partial charge on any atom is -0.396 e. The number of amides is 1. The van der Waals surface area contributed by atoms with Gasteiger partial charge in [-0.3, -0.25) is 4.79 Å². The normalized spacial score (nSPS) is 27.7. The summed E-state index contributed by atoms with van der Waals surface area (Å²) in [5.41, 5.74) is 0.0601. The molecule has 2 aliphatic rings. The zero-order chi connectivity index (χ0) is 15.0. The first-order valence-corrected chi connectivity index (χ1v) is 8.86. The molecule has 0 bridgehead atoms. The Balaban J connectivity index is 1.56. The van der Waals surface area contributed by atoms with Gasteiger partial charge >= 0.3 is 0 Å². The average molecular weight is 307 g/mol. The number of thiophene rings is 1. The Morgan fingerprint density at radius 2 is 2.14 bits per heavy atom. The average Bonchev–Trinajstić information content (AvgIpc) is 3.21. The molecule has 1 saturated carbocycles. The van der Waals surface area contributed by atoms with Gasteiger partial charge in [0.1, 0.15) is 0 Å². The summed E-state index contributed by atoms with van der Waals surface area (Å²) in [5.74, 6) is 1.02. The largest absolute Gasteiger partial charge is 0.396 e. The summed E-state index contributed by atoms with van der Waals surface area (Å²) >= 11 is 1.83. The summed E-state index contributed by atoms with van der Waals surface area (Å²) in [6.07, 6.45) is 3.92. The van der Waals surface area contributed by atoms with Crippen LogP contribution < -0.4 is 0 Å². The SMILES string of the molecule is CCC1(CO)CCN(C(=O)C2CC2c2ccc(C)s2)CC1. The van der Waals surface area contributed by atoms with Crippen LogP contribution >= 0.6 is 11.3 Å². The molecule has 1 aromatic heterocycles. The van der Waals surface area contributed by atoms with Gasteiger partial charge in [-0.25, -0.2) is 0 Å². The molecule has 1 saturated heterocycles. The number of aliphatic hydroxyl groups excluding tert-OH is 1. The van der Waals surface area contributed by atoms with Crippen molar-refractivity contribution in [3.05, 3.63) is 21.9 Å². The Hall–Kier alpha value is -0.870. The third-order valence-electron chi connectivity index (χ3n) is 5.46. The van der Waals surface area contributed by atoms with Gasteiger partial charge in [0.2, 0.25) is 5.91 Å². The van der Waals surface area contributed by atoms with Gasteiger partial charge in [0, 0.05) is 41.3 Å². The number of nitrogens with zero attached hydrogens (tertiary/aromatic N) is 1. The monoisotopic (exact) mass is 307 g/mol. The molecule has 2 atom stereocenters. The van der Waals surface area contributed by atoms with Gasteiger partial charge in [0.25, 0.3) is 0 Å². The summed E-state index contributed by atoms with van der Waals surface area (Å²) < 4.78 is 0. The molecule has 3 rings (SSSR count). The number of carbonyl (C=O) groups is 1. The second-order valence-corrected chi connectivity index (χ2v) is 8.05. The molecule has 2 heterocycles. The minimum atomic E-state index is 0.0601. The van der Waals surface area contributed by atoms with Crippen molar-refractivity contribution < 1.29 is 9.90 Å². The Morgan fingerprint density at radius 3 is 2.67 bits per heavy atom. The number of hydrogen-bond donors (Lipinski definition) is 1. The van der Waals surface area contributed by atoms with E-state index in [-0.39, 0.29) is 17.9 Å². The van der Waals surface area contributed by atoms with Gasteiger partial charge in [-0.05, 0) is 50.2 Å². The second kappa shape index (κ2) is 5.73. The van der Waals surface area contributed by atoms with Crippen molar-refractivity contribution in [1.29, 1.82) is 0 Å². The number of rotatable bonds is 4. The van der Waals surface area contributed by atoms with E-state index in [1.54, 1.807) is 0 Å². The Morgan fingerprint density at radius 1 is 1.43 bits per heavy atom. The summed E-state index contributed by atoms with van der Waals surface area (Å²) in [5, 5.41) is 9.58. The van der Waals surface area contributed by atoms with E-state index in [1.165, 1.54) is 9.75 Å². The lowest BCUT2D eigenvalue weighted by atomic mass is 9.77. The van der Waals surface area contributed by atoms with Crippen molar-refractivity contribution in [2.45, 2.75) is 45.4 Å². The van der Waals surface area contributed by atoms with Crippen molar-refractivity contribution in [3.8, 4) is 0 Å². The molecule has 116 valence electrons. The molecule has 1 amide bonds. The Labute approximate surface area is 131 Å². The highest BCUT2D eigenvalue weighted by molar-refractivity contribution is 7.12. The molecular weight excluding hydrogens is 282 g/mol. The van der Waals surface area contributed by atoms with Crippen molar-refractivity contribution in [3.63, 3.8) is 0 Å². The van der Waals surface area contributed by atoms with Crippen LogP contribution in [-0.2, 0) is 4.79 Å². The van der Waals surface area contributed by atoms with Crippen molar-refractivity contribution >= 4 is 17.2 Å². The zero-order valence-corrected chi connectivity index (χ0v) is 13.8. The fourth-order valence-electron chi connectivity index (χ4n) is 3.49. The number of aryl methyl sites for hydroxylation is 1. The summed E-state index contributed by atoms with van der Waals surface area (Å²) in [4.78, 5) is 17.3. The van der Waals surface area contributed by atoms with E-state index in [0.29, 0.717) is 11.8 Å². The molecule has 4 heteroatoms. The van der Waals surface area contributed by atoms with Crippen LogP contribution in [0.25, 0.3) is 0 Å². The van der Waals surface area contributed by atoms with Crippen molar-refractivity contribution in [2.75, 3.05) is 19.7 Å². The molecule has 2 fully saturated rings. The highest BCUT2D eigenvalue weighted by Crippen LogP contribution is 2.51. The van der Waals surface area contributed by atoms with Gasteiger partial charge in [0.15, 0.2) is 0 Å². The number of likely N-dealkylation sites (tertiary alicyclic amines) is 1. The van der Waals surface area contributed by atoms with Crippen LogP contribution in [0.4, 0.5) is 0 Å². The first-order chi connectivity index (χ1) is 10.1. The van der Waals surface area contributed by atoms with E-state index in [9.17, 15) is 9.90 Å². The van der Waals surface area contributed by atoms with Crippen LogP contribution in [0.15, 0.2) is 12.1 Å². The third kappa shape index (κ3) is 2.88. The molecular formula is C17H25NO2S. The van der Waals surface area contributed by atoms with Gasteiger partial charge in [-0.2, -0.15) is 0 Å². The number of carbonyl (C=O) groups excluding carboxylic acids is 1. The maximum atomic E-state index is 12.6. The van der Waals surface area contributed by atoms with Crippen LogP contribution in [0.1, 0.15) is 48.3 Å². The first kappa shape index (κ1) is 15.0. The molecule has 1 aromatic rings. The fraction of sp³-hybridized carbons (Fsp3) is 0.706. The third-order valence-corrected chi connectivity index (χ3v) is 6.59. The predicted octanol–water partition coefficient (Wildman–Crippen LogP) is 3.17. The van der Waals surface area contributed by atoms with E-state index in [4.69, 9.17) is 0 Å². The Bertz CT molecular complexity index is 511. The molecule has 1 N–H and O–H groups in total. The van der Waals surface area contributed by atoms with Gasteiger partial charge in [-0.1, -0.05) is 6.92 Å². The Kier molecular flexibility index (Phi) is 4.10. The quantitative estimate of drug-likeness (QED) is 0.928. The van der Waals surface area contributed by atoms with Gasteiger partial charge < -0.3 is 10.0 Å². The zero-order valence-electron chi connectivity index (χ0n) is 13.0. The lowest BCUT2D eigenvalue weighted by Gasteiger charge is -2.40. The number of hydrogen-bond acceptors (Lipinski definition) is 3. The molecule has 3 nitrogen and oxygen atoms in total. The fourth-order valence-corrected chi connectivity index (χ4v) is 4.55. The molecule has 0 aromatic carbocycles. The minimum absolute atomic E-state index is 0.0601. The standard InChI is InChI=1S/C17H25NO2S/c1-3-17(11-19)6-8-18(9-7-17)16(20)14-10-13(14)15-5-4-12(2)21-15/h4-5,13-14,19H,3,6-11H2,1-2H3. The van der Waals surface area contributed by atoms with Crippen molar-refractivity contribution in [2.24, 2.45) is 11.3 Å². The molecule has 21 heavy (non-hydrogen) atoms. The highest BCUT2D eigenvalue weighted by Gasteiger charge is 2.47. The van der Waals surface area contributed by atoms with E-state index in [0.717, 1.165) is 38.8 Å². The predicted molar refractivity (Wildman–Crippen MR) is 85.5 cm³/mol. The van der Waals surface area contributed by atoms with Crippen LogP contribution in [0, 0.1) is 18.3 Å². The summed E-state index contributed by atoms with van der Waals surface area (Å²) in [7, 11) is 0. The summed E-state index contributed by atoms with van der Waals surface area (Å²) in [6.45, 7) is 6.16. The second-order valence-electron chi connectivity index (χ2n) is 6.73. The lowest BCUT2D eigenvalue weighted by molar-refractivity contribution is -0.135. The number of aliphatic hydroxyl groups is 1. The molecule has 0 spiro atoms. The maximum absolute atomic E-state index is 12.6. The molecule has 1 aliphatic carbocycles. The van der Waals surface area contributed by atoms with E-state index >= 15 is 0 Å². The molecule has 1 aliphatic heterocycles. The van der Waals surface area contributed by atoms with E-state index < -0.39 is 0 Å². The summed E-state index contributed by atoms with van der Waals surface area (Å²) in [6, 6.07) is 4.33. The van der Waals surface area contributed by atoms with Crippen LogP contribution in [0.5, 0.6) is 0 Å². The van der Waals surface area contributed by atoms with Crippen LogP contribution in [-0.4, -0.2) is 35.6 Å². The molecule has 0 radical (unpaired) electrons. The number of piperidine rings is 1. The van der Waals surface area contributed by atoms with Gasteiger partial charge in [0.05, 0.1) is 0 Å². The van der Waals surface area contributed by atoms with Crippen molar-refractivity contribution in [1.82, 2.24) is 4.90 Å².